The van der Waals surface area contributed by atoms with Gasteiger partial charge in [0.25, 0.3) is 5.91 Å². The van der Waals surface area contributed by atoms with Gasteiger partial charge < -0.3 is 5.32 Å². The molecule has 1 aromatic rings. The Morgan fingerprint density at radius 3 is 3.06 bits per heavy atom. The number of nitrogens with zero attached hydrogens (tertiary/aromatic N) is 1. The van der Waals surface area contributed by atoms with Crippen molar-refractivity contribution < 1.29 is 4.79 Å². The predicted octanol–water partition coefficient (Wildman–Crippen LogP) is 2.31. The van der Waals surface area contributed by atoms with E-state index in [-0.39, 0.29) is 5.91 Å². The molecule has 1 amide bonds. The van der Waals surface area contributed by atoms with Gasteiger partial charge in [0, 0.05) is 35.3 Å². The van der Waals surface area contributed by atoms with Crippen LogP contribution in [0.1, 0.15) is 10.4 Å². The summed E-state index contributed by atoms with van der Waals surface area (Å²) < 4.78 is 0. The normalized spacial score (nSPS) is 19.9. The van der Waals surface area contributed by atoms with Crippen molar-refractivity contribution in [1.29, 1.82) is 0 Å². The highest BCUT2D eigenvalue weighted by atomic mass is 35.5. The van der Waals surface area contributed by atoms with Crippen molar-refractivity contribution in [3.05, 3.63) is 29.0 Å². The van der Waals surface area contributed by atoms with Gasteiger partial charge in [0.15, 0.2) is 0 Å². The van der Waals surface area contributed by atoms with Gasteiger partial charge in [-0.15, -0.1) is 0 Å². The molecule has 0 aromatic carbocycles. The summed E-state index contributed by atoms with van der Waals surface area (Å²) in [6, 6.07) is 3.31. The Labute approximate surface area is 114 Å². The molecule has 1 fully saturated rings. The average Bonchev–Trinajstić information content (AvgIpc) is 2.38. The van der Waals surface area contributed by atoms with Crippen LogP contribution < -0.4 is 5.32 Å². The van der Waals surface area contributed by atoms with Crippen molar-refractivity contribution in [3.63, 3.8) is 0 Å². The van der Waals surface area contributed by atoms with Crippen molar-refractivity contribution in [2.24, 2.45) is 0 Å². The number of rotatable bonds is 3. The maximum atomic E-state index is 11.8. The van der Waals surface area contributed by atoms with Crippen LogP contribution in [0.5, 0.6) is 0 Å². The van der Waals surface area contributed by atoms with Crippen LogP contribution >= 0.6 is 35.1 Å². The Morgan fingerprint density at radius 1 is 1.53 bits per heavy atom. The van der Waals surface area contributed by atoms with Crippen LogP contribution in [0.15, 0.2) is 18.3 Å². The fraction of sp³-hybridized carbons (Fsp3) is 0.455. The van der Waals surface area contributed by atoms with Gasteiger partial charge in [-0.1, -0.05) is 11.6 Å². The minimum Gasteiger partial charge on any atom is -0.351 e. The van der Waals surface area contributed by atoms with Gasteiger partial charge in [-0.3, -0.25) is 4.79 Å². The van der Waals surface area contributed by atoms with E-state index in [1.54, 1.807) is 12.1 Å². The van der Waals surface area contributed by atoms with E-state index in [1.165, 1.54) is 17.7 Å². The fourth-order valence-corrected chi connectivity index (χ4v) is 4.20. The number of aromatic nitrogens is 1. The van der Waals surface area contributed by atoms with Gasteiger partial charge in [0.1, 0.15) is 5.15 Å². The van der Waals surface area contributed by atoms with Gasteiger partial charge in [-0.05, 0) is 12.1 Å². The van der Waals surface area contributed by atoms with Crippen molar-refractivity contribution in [3.8, 4) is 0 Å². The van der Waals surface area contributed by atoms with E-state index in [4.69, 9.17) is 11.6 Å². The summed E-state index contributed by atoms with van der Waals surface area (Å²) in [5.41, 5.74) is 0.558. The zero-order valence-corrected chi connectivity index (χ0v) is 11.6. The first-order valence-corrected chi connectivity index (χ1v) is 7.93. The van der Waals surface area contributed by atoms with E-state index in [9.17, 15) is 4.79 Å². The van der Waals surface area contributed by atoms with E-state index < -0.39 is 0 Å². The molecule has 6 heteroatoms. The minimum atomic E-state index is -0.0784. The second-order valence-corrected chi connectivity index (χ2v) is 6.59. The molecule has 92 valence electrons. The third-order valence-electron chi connectivity index (χ3n) is 2.36. The quantitative estimate of drug-likeness (QED) is 0.867. The number of halogens is 1. The highest BCUT2D eigenvalue weighted by Gasteiger charge is 2.15. The van der Waals surface area contributed by atoms with Crippen molar-refractivity contribution in [2.45, 2.75) is 5.25 Å². The highest BCUT2D eigenvalue weighted by molar-refractivity contribution is 8.06. The maximum absolute atomic E-state index is 11.8. The van der Waals surface area contributed by atoms with Gasteiger partial charge in [0.2, 0.25) is 0 Å². The molecule has 0 saturated carbocycles. The minimum absolute atomic E-state index is 0.0784. The molecule has 3 nitrogen and oxygen atoms in total. The smallest absolute Gasteiger partial charge is 0.252 e. The summed E-state index contributed by atoms with van der Waals surface area (Å²) in [5.74, 6) is 3.43. The molecule has 0 aliphatic carbocycles. The Morgan fingerprint density at radius 2 is 2.41 bits per heavy atom. The lowest BCUT2D eigenvalue weighted by atomic mass is 10.2. The van der Waals surface area contributed by atoms with E-state index in [0.717, 1.165) is 12.3 Å². The van der Waals surface area contributed by atoms with Crippen LogP contribution in [0.4, 0.5) is 0 Å². The summed E-state index contributed by atoms with van der Waals surface area (Å²) in [6.07, 6.45) is 1.50. The first-order valence-electron chi connectivity index (χ1n) is 5.35. The third kappa shape index (κ3) is 4.08. The Kier molecular flexibility index (Phi) is 5.00. The number of amides is 1. The molecule has 0 bridgehead atoms. The third-order valence-corrected chi connectivity index (χ3v) is 5.43. The Bertz CT molecular complexity index is 380. The number of hydrogen-bond donors (Lipinski definition) is 1. The van der Waals surface area contributed by atoms with Crippen LogP contribution in [0.2, 0.25) is 5.15 Å². The second-order valence-electron chi connectivity index (χ2n) is 3.65. The molecule has 1 atom stereocenters. The number of pyridine rings is 1. The summed E-state index contributed by atoms with van der Waals surface area (Å²) in [4.78, 5) is 15.7. The van der Waals surface area contributed by atoms with E-state index in [2.05, 4.69) is 10.3 Å². The molecule has 17 heavy (non-hydrogen) atoms. The molecule has 1 unspecified atom stereocenters. The number of hydrogen-bond acceptors (Lipinski definition) is 4. The molecule has 1 aromatic heterocycles. The molecule has 1 saturated heterocycles. The second kappa shape index (κ2) is 6.52. The van der Waals surface area contributed by atoms with Gasteiger partial charge in [-0.2, -0.15) is 23.5 Å². The van der Waals surface area contributed by atoms with E-state index in [1.807, 2.05) is 23.5 Å². The van der Waals surface area contributed by atoms with Gasteiger partial charge in [-0.25, -0.2) is 4.98 Å². The monoisotopic (exact) mass is 288 g/mol. The highest BCUT2D eigenvalue weighted by Crippen LogP contribution is 2.23. The zero-order chi connectivity index (χ0) is 12.1. The fourth-order valence-electron chi connectivity index (χ4n) is 1.47. The molecule has 0 spiro atoms. The lowest BCUT2D eigenvalue weighted by Gasteiger charge is -2.21. The molecule has 0 radical (unpaired) electrons. The number of carbonyl (C=O) groups excluding carboxylic acids is 1. The summed E-state index contributed by atoms with van der Waals surface area (Å²) in [7, 11) is 0. The summed E-state index contributed by atoms with van der Waals surface area (Å²) in [6.45, 7) is 0.721. The first kappa shape index (κ1) is 13.1. The Hall–Kier alpha value is -0.390. The van der Waals surface area contributed by atoms with E-state index in [0.29, 0.717) is 16.0 Å². The van der Waals surface area contributed by atoms with Crippen LogP contribution in [0, 0.1) is 0 Å². The molecule has 1 aliphatic rings. The van der Waals surface area contributed by atoms with Crippen LogP contribution in [0.25, 0.3) is 0 Å². The lowest BCUT2D eigenvalue weighted by Crippen LogP contribution is -2.33. The Balaban J connectivity index is 1.82. The molecule has 1 N–H and O–H groups in total. The van der Waals surface area contributed by atoms with Crippen molar-refractivity contribution in [1.82, 2.24) is 10.3 Å². The lowest BCUT2D eigenvalue weighted by molar-refractivity contribution is 0.0954. The zero-order valence-electron chi connectivity index (χ0n) is 9.19. The average molecular weight is 289 g/mol. The SMILES string of the molecule is O=C(NCC1CSCCS1)c1ccc(Cl)nc1. The molecule has 2 heterocycles. The standard InChI is InChI=1S/C11H13ClN2OS2/c12-10-2-1-8(5-13-10)11(15)14-6-9-7-16-3-4-17-9/h1-2,5,9H,3-4,6-7H2,(H,14,15). The van der Waals surface area contributed by atoms with Crippen LogP contribution in [0.3, 0.4) is 0 Å². The van der Waals surface area contributed by atoms with E-state index >= 15 is 0 Å². The van der Waals surface area contributed by atoms with Crippen LogP contribution in [-0.2, 0) is 0 Å². The molecular formula is C11H13ClN2OS2. The van der Waals surface area contributed by atoms with Gasteiger partial charge >= 0.3 is 0 Å². The maximum Gasteiger partial charge on any atom is 0.252 e. The number of nitrogens with one attached hydrogen (secondary N) is 1. The molecule has 2 rings (SSSR count). The summed E-state index contributed by atoms with van der Waals surface area (Å²) >= 11 is 9.55. The molecule has 1 aliphatic heterocycles. The number of thioether (sulfide) groups is 2. The number of carbonyl (C=O) groups is 1. The van der Waals surface area contributed by atoms with Gasteiger partial charge in [0.05, 0.1) is 5.56 Å². The van der Waals surface area contributed by atoms with Crippen molar-refractivity contribution in [2.75, 3.05) is 23.8 Å². The van der Waals surface area contributed by atoms with Crippen molar-refractivity contribution >= 4 is 41.0 Å². The first-order chi connectivity index (χ1) is 8.25. The largest absolute Gasteiger partial charge is 0.351 e. The predicted molar refractivity (Wildman–Crippen MR) is 75.2 cm³/mol. The molecular weight excluding hydrogens is 276 g/mol. The van der Waals surface area contributed by atoms with Crippen LogP contribution in [-0.4, -0.2) is 39.9 Å². The topological polar surface area (TPSA) is 42.0 Å². The summed E-state index contributed by atoms with van der Waals surface area (Å²) in [5, 5.41) is 3.86.